The molecule has 0 fully saturated rings. The van der Waals surface area contributed by atoms with Crippen molar-refractivity contribution in [2.24, 2.45) is 0 Å². The number of benzene rings is 7. The van der Waals surface area contributed by atoms with Gasteiger partial charge in [0.15, 0.2) is 0 Å². The van der Waals surface area contributed by atoms with Gasteiger partial charge in [-0.15, -0.1) is 0 Å². The van der Waals surface area contributed by atoms with Crippen LogP contribution in [-0.2, 0) is 5.41 Å². The lowest BCUT2D eigenvalue weighted by atomic mass is 9.85. The Bertz CT molecular complexity index is 3140. The number of nitrogens with zero attached hydrogens (tertiary/aromatic N) is 3. The van der Waals surface area contributed by atoms with Crippen molar-refractivity contribution >= 4 is 11.0 Å². The van der Waals surface area contributed by atoms with Gasteiger partial charge >= 0.3 is 0 Å². The van der Waals surface area contributed by atoms with Crippen molar-refractivity contribution in [3.8, 4) is 78.6 Å². The lowest BCUT2D eigenvalue weighted by Crippen LogP contribution is -2.12. The Balaban J connectivity index is 1.33. The first kappa shape index (κ1) is 25.9. The maximum absolute atomic E-state index is 11.4. The predicted octanol–water partition coefficient (Wildman–Crippen LogP) is 13.4. The van der Waals surface area contributed by atoms with Crippen LogP contribution in [0.1, 0.15) is 38.5 Å². The Labute approximate surface area is 340 Å². The topological polar surface area (TPSA) is 50.9 Å². The molecule has 1 N–H and O–H groups in total. The molecule has 9 aromatic rings. The van der Waals surface area contributed by atoms with E-state index in [1.807, 2.05) is 77.5 Å². The number of phenols is 1. The highest BCUT2D eigenvalue weighted by atomic mass is 16.3. The maximum atomic E-state index is 11.4. The molecule has 0 atom stereocenters. The molecule has 0 unspecified atom stereocenters. The van der Waals surface area contributed by atoms with Crippen LogP contribution in [0.2, 0.25) is 0 Å². The van der Waals surface area contributed by atoms with Crippen LogP contribution in [0.5, 0.6) is 5.75 Å². The molecule has 2 aromatic heterocycles. The zero-order chi connectivity index (χ0) is 45.7. The smallest absolute Gasteiger partial charge is 0.149 e. The molecule has 0 spiro atoms. The fraction of sp³-hybridized carbons (Fsp3) is 0.0769. The molecule has 9 rings (SSSR count). The third-order valence-electron chi connectivity index (χ3n) is 10.1. The number of hydrogen-bond acceptors (Lipinski definition) is 3. The molecule has 0 aliphatic rings. The number of para-hydroxylation sites is 2. The number of aromatic hydroxyl groups is 1. The third kappa shape index (κ3) is 6.56. The normalized spacial score (nSPS) is 14.6. The summed E-state index contributed by atoms with van der Waals surface area (Å²) in [5.74, 6) is 0.285. The number of hydrogen-bond donors (Lipinski definition) is 1. The van der Waals surface area contributed by atoms with Crippen LogP contribution in [-0.4, -0.2) is 19.6 Å². The molecular formula is C52H41N3O. The van der Waals surface area contributed by atoms with E-state index in [2.05, 4.69) is 48.5 Å². The maximum Gasteiger partial charge on any atom is 0.149 e. The zero-order valence-corrected chi connectivity index (χ0v) is 30.2. The van der Waals surface area contributed by atoms with Crippen LogP contribution in [0.15, 0.2) is 188 Å². The van der Waals surface area contributed by atoms with E-state index < -0.39 is 26.0 Å². The van der Waals surface area contributed by atoms with Gasteiger partial charge in [0.2, 0.25) is 0 Å². The van der Waals surface area contributed by atoms with Crippen molar-refractivity contribution in [1.82, 2.24) is 14.5 Å². The summed E-state index contributed by atoms with van der Waals surface area (Å²) in [6, 6.07) is 56.2. The number of aromatic nitrogens is 3. The quantitative estimate of drug-likeness (QED) is 0.177. The second-order valence-electron chi connectivity index (χ2n) is 13.8. The standard InChI is InChI=1S/C52H41N3O/c1-52(2,3)42-26-27-47(45(34-42)37-20-11-6-12-21-37)55-48-24-15-23-43(50(48)54-51(55)44-22-13-14-25-49(44)56)40-30-39(36-18-9-5-10-19-36)31-41(32-40)46-33-38(28-29-53-46)35-16-7-4-8-17-35/h4-34,56H,1-3H3/i1D3,2D3,3D3. The highest BCUT2D eigenvalue weighted by Gasteiger charge is 2.24. The van der Waals surface area contributed by atoms with Gasteiger partial charge in [-0.25, -0.2) is 4.98 Å². The van der Waals surface area contributed by atoms with Gasteiger partial charge in [0.1, 0.15) is 11.6 Å². The van der Waals surface area contributed by atoms with E-state index in [9.17, 15) is 5.11 Å². The van der Waals surface area contributed by atoms with Crippen molar-refractivity contribution in [2.45, 2.75) is 26.0 Å². The first-order valence-electron chi connectivity index (χ1n) is 22.8. The summed E-state index contributed by atoms with van der Waals surface area (Å²) >= 11 is 0. The van der Waals surface area contributed by atoms with Gasteiger partial charge in [-0.3, -0.25) is 9.55 Å². The summed E-state index contributed by atoms with van der Waals surface area (Å²) in [5.41, 5.74) is 6.56. The van der Waals surface area contributed by atoms with Gasteiger partial charge < -0.3 is 5.11 Å². The molecule has 0 bridgehead atoms. The van der Waals surface area contributed by atoms with Gasteiger partial charge in [0.25, 0.3) is 0 Å². The van der Waals surface area contributed by atoms with E-state index in [0.717, 1.165) is 44.6 Å². The molecule has 7 aromatic carbocycles. The molecule has 56 heavy (non-hydrogen) atoms. The van der Waals surface area contributed by atoms with E-state index in [-0.39, 0.29) is 11.3 Å². The van der Waals surface area contributed by atoms with Crippen molar-refractivity contribution in [3.05, 3.63) is 194 Å². The van der Waals surface area contributed by atoms with E-state index in [1.54, 1.807) is 54.6 Å². The van der Waals surface area contributed by atoms with Crippen LogP contribution < -0.4 is 0 Å². The lowest BCUT2D eigenvalue weighted by molar-refractivity contribution is 0.477. The van der Waals surface area contributed by atoms with Crippen LogP contribution in [0.4, 0.5) is 0 Å². The fourth-order valence-electron chi connectivity index (χ4n) is 7.36. The largest absolute Gasteiger partial charge is 0.507 e. The van der Waals surface area contributed by atoms with Crippen molar-refractivity contribution in [3.63, 3.8) is 0 Å². The van der Waals surface area contributed by atoms with E-state index >= 15 is 0 Å². The van der Waals surface area contributed by atoms with Gasteiger partial charge in [-0.05, 0) is 105 Å². The van der Waals surface area contributed by atoms with Gasteiger partial charge in [0.05, 0.1) is 28.0 Å². The molecule has 0 saturated heterocycles. The van der Waals surface area contributed by atoms with E-state index in [4.69, 9.17) is 22.3 Å². The predicted molar refractivity (Wildman–Crippen MR) is 232 cm³/mol. The molecule has 270 valence electrons. The summed E-state index contributed by atoms with van der Waals surface area (Å²) in [6.45, 7) is -10.4. The average molecular weight is 733 g/mol. The molecule has 0 amide bonds. The minimum absolute atomic E-state index is 0.0487. The van der Waals surface area contributed by atoms with E-state index in [1.165, 1.54) is 12.1 Å². The van der Waals surface area contributed by atoms with E-state index in [0.29, 0.717) is 39.2 Å². The van der Waals surface area contributed by atoms with Gasteiger partial charge in [0, 0.05) is 35.2 Å². The van der Waals surface area contributed by atoms with Crippen LogP contribution in [0, 0.1) is 0 Å². The Hall–Kier alpha value is -7.04. The van der Waals surface area contributed by atoms with Crippen molar-refractivity contribution < 1.29 is 17.4 Å². The molecule has 0 aliphatic carbocycles. The minimum atomic E-state index is -3.47. The Morgan fingerprint density at radius 1 is 0.500 bits per heavy atom. The summed E-state index contributed by atoms with van der Waals surface area (Å²) < 4.78 is 78.3. The Morgan fingerprint density at radius 2 is 1.12 bits per heavy atom. The molecule has 2 heterocycles. The highest BCUT2D eigenvalue weighted by molar-refractivity contribution is 5.98. The van der Waals surface area contributed by atoms with Gasteiger partial charge in [-0.1, -0.05) is 142 Å². The minimum Gasteiger partial charge on any atom is -0.507 e. The second kappa shape index (κ2) is 14.3. The number of fused-ring (bicyclic) bond motifs is 1. The molecule has 0 radical (unpaired) electrons. The van der Waals surface area contributed by atoms with Crippen molar-refractivity contribution in [2.75, 3.05) is 0 Å². The summed E-state index contributed by atoms with van der Waals surface area (Å²) in [7, 11) is 0. The first-order chi connectivity index (χ1) is 31.1. The third-order valence-corrected chi connectivity index (χ3v) is 10.1. The monoisotopic (exact) mass is 732 g/mol. The number of rotatable bonds is 7. The SMILES string of the molecule is [2H]C([2H])([2H])C(c1ccc(-n2c(-c3ccccc3O)nc3c(-c4cc(-c5ccccc5)cc(-c5cc(-c6ccccc6)ccn5)c4)cccc32)c(-c2ccccc2)c1)(C([2H])([2H])[2H])C([2H])([2H])[2H]. The van der Waals surface area contributed by atoms with Crippen molar-refractivity contribution in [1.29, 1.82) is 0 Å². The second-order valence-corrected chi connectivity index (χ2v) is 13.8. The van der Waals surface area contributed by atoms with Gasteiger partial charge in [-0.2, -0.15) is 0 Å². The molecule has 0 saturated carbocycles. The summed E-state index contributed by atoms with van der Waals surface area (Å²) in [4.78, 5) is 10.1. The van der Waals surface area contributed by atoms with Crippen LogP contribution in [0.25, 0.3) is 83.9 Å². The first-order valence-corrected chi connectivity index (χ1v) is 18.3. The molecule has 4 heteroatoms. The zero-order valence-electron chi connectivity index (χ0n) is 39.2. The van der Waals surface area contributed by atoms with Crippen LogP contribution >= 0.6 is 0 Å². The summed E-state index contributed by atoms with van der Waals surface area (Å²) in [6.07, 6.45) is 1.81. The fourth-order valence-corrected chi connectivity index (χ4v) is 7.36. The highest BCUT2D eigenvalue weighted by Crippen LogP contribution is 2.42. The Morgan fingerprint density at radius 3 is 1.84 bits per heavy atom. The average Bonchev–Trinajstić information content (AvgIpc) is 3.68. The summed E-state index contributed by atoms with van der Waals surface area (Å²) in [5, 5.41) is 11.4. The molecule has 0 aliphatic heterocycles. The number of pyridine rings is 1. The molecular weight excluding hydrogens is 683 g/mol. The number of imidazole rings is 1. The van der Waals surface area contributed by atoms with Crippen LogP contribution in [0.3, 0.4) is 0 Å². The number of phenolic OH excluding ortho intramolecular Hbond substituents is 1. The Kier molecular flexibility index (Phi) is 6.62. The lowest BCUT2D eigenvalue weighted by Gasteiger charge is -2.23. The molecule has 4 nitrogen and oxygen atoms in total.